The fraction of sp³-hybridized carbons (Fsp3) is 0.650. The van der Waals surface area contributed by atoms with Gasteiger partial charge >= 0.3 is 0 Å². The van der Waals surface area contributed by atoms with E-state index in [1.807, 2.05) is 17.0 Å². The van der Waals surface area contributed by atoms with Gasteiger partial charge in [-0.3, -0.25) is 9.78 Å². The lowest BCUT2D eigenvalue weighted by molar-refractivity contribution is -0.137. The van der Waals surface area contributed by atoms with Gasteiger partial charge in [0, 0.05) is 31.4 Å². The zero-order chi connectivity index (χ0) is 17.2. The predicted molar refractivity (Wildman–Crippen MR) is 94.9 cm³/mol. The molecular formula is C20H29N3O. The Balaban J connectivity index is 1.91. The second-order valence-electron chi connectivity index (χ2n) is 6.89. The number of amides is 1. The van der Waals surface area contributed by atoms with Crippen LogP contribution in [0.4, 0.5) is 0 Å². The molecule has 1 fully saturated rings. The van der Waals surface area contributed by atoms with Crippen LogP contribution in [0.2, 0.25) is 0 Å². The highest BCUT2D eigenvalue weighted by atomic mass is 16.2. The number of pyridine rings is 1. The minimum atomic E-state index is 0.137. The summed E-state index contributed by atoms with van der Waals surface area (Å²) in [4.78, 5) is 18.9. The summed E-state index contributed by atoms with van der Waals surface area (Å²) < 4.78 is 0. The fourth-order valence-corrected chi connectivity index (χ4v) is 3.61. The van der Waals surface area contributed by atoms with E-state index >= 15 is 0 Å². The maximum atomic E-state index is 12.9. The van der Waals surface area contributed by atoms with Crippen molar-refractivity contribution in [1.82, 2.24) is 9.88 Å². The highest BCUT2D eigenvalue weighted by molar-refractivity contribution is 5.79. The molecule has 2 rings (SSSR count). The van der Waals surface area contributed by atoms with E-state index in [9.17, 15) is 4.79 Å². The smallest absolute Gasteiger partial charge is 0.226 e. The molecule has 1 heterocycles. The highest BCUT2D eigenvalue weighted by Crippen LogP contribution is 2.33. The Hall–Kier alpha value is -1.89. The molecule has 0 atom stereocenters. The topological polar surface area (TPSA) is 57.0 Å². The van der Waals surface area contributed by atoms with Crippen LogP contribution < -0.4 is 0 Å². The fourth-order valence-electron chi connectivity index (χ4n) is 3.61. The Labute approximate surface area is 145 Å². The quantitative estimate of drug-likeness (QED) is 0.714. The van der Waals surface area contributed by atoms with E-state index in [0.717, 1.165) is 24.3 Å². The minimum Gasteiger partial charge on any atom is -0.337 e. The normalized spacial score (nSPS) is 20.3. The van der Waals surface area contributed by atoms with E-state index in [0.29, 0.717) is 19.5 Å². The summed E-state index contributed by atoms with van der Waals surface area (Å²) >= 11 is 0. The Bertz CT molecular complexity index is 530. The Morgan fingerprint density at radius 3 is 2.79 bits per heavy atom. The molecule has 0 radical (unpaired) electrons. The van der Waals surface area contributed by atoms with Crippen molar-refractivity contribution >= 4 is 5.91 Å². The van der Waals surface area contributed by atoms with E-state index in [4.69, 9.17) is 5.26 Å². The van der Waals surface area contributed by atoms with Gasteiger partial charge < -0.3 is 4.90 Å². The van der Waals surface area contributed by atoms with Crippen molar-refractivity contribution in [2.75, 3.05) is 6.54 Å². The van der Waals surface area contributed by atoms with Gasteiger partial charge in [-0.1, -0.05) is 32.3 Å². The van der Waals surface area contributed by atoms with Gasteiger partial charge in [-0.2, -0.15) is 5.26 Å². The average molecular weight is 327 g/mol. The number of unbranched alkanes of at least 4 members (excludes halogenated alkanes) is 1. The monoisotopic (exact) mass is 327 g/mol. The molecule has 0 saturated heterocycles. The van der Waals surface area contributed by atoms with Crippen molar-refractivity contribution in [2.24, 2.45) is 11.8 Å². The van der Waals surface area contributed by atoms with Gasteiger partial charge in [-0.05, 0) is 43.2 Å². The summed E-state index contributed by atoms with van der Waals surface area (Å²) in [6.07, 6.45) is 12.2. The lowest BCUT2D eigenvalue weighted by Crippen LogP contribution is -2.38. The largest absolute Gasteiger partial charge is 0.337 e. The number of nitriles is 1. The van der Waals surface area contributed by atoms with Gasteiger partial charge in [0.05, 0.1) is 12.5 Å². The van der Waals surface area contributed by atoms with Gasteiger partial charge in [0.25, 0.3) is 0 Å². The molecule has 0 N–H and O–H groups in total. The van der Waals surface area contributed by atoms with Crippen LogP contribution in [0.25, 0.3) is 0 Å². The number of hydrogen-bond donors (Lipinski definition) is 0. The molecule has 1 aliphatic carbocycles. The van der Waals surface area contributed by atoms with E-state index in [1.54, 1.807) is 12.4 Å². The standard InChI is InChI=1S/C20H29N3O/c1-2-3-6-17-8-10-19(11-9-17)20(24)23(14-5-12-21)16-18-7-4-13-22-15-18/h4,7,13,15,17,19H,2-3,5-6,8-11,14,16H2,1H3. The number of hydrogen-bond acceptors (Lipinski definition) is 3. The third-order valence-corrected chi connectivity index (χ3v) is 5.06. The van der Waals surface area contributed by atoms with Gasteiger partial charge in [0.2, 0.25) is 5.91 Å². The van der Waals surface area contributed by atoms with Gasteiger partial charge in [-0.15, -0.1) is 0 Å². The molecule has 0 aliphatic heterocycles. The van der Waals surface area contributed by atoms with Crippen molar-refractivity contribution in [3.8, 4) is 6.07 Å². The third-order valence-electron chi connectivity index (χ3n) is 5.06. The molecule has 1 aromatic rings. The molecule has 1 aromatic heterocycles. The molecule has 4 nitrogen and oxygen atoms in total. The molecule has 1 saturated carbocycles. The van der Waals surface area contributed by atoms with Crippen molar-refractivity contribution < 1.29 is 4.79 Å². The first kappa shape index (κ1) is 18.4. The summed E-state index contributed by atoms with van der Waals surface area (Å²) in [6, 6.07) is 6.04. The van der Waals surface area contributed by atoms with Crippen LogP contribution in [0.15, 0.2) is 24.5 Å². The molecule has 1 amide bonds. The molecular weight excluding hydrogens is 298 g/mol. The van der Waals surface area contributed by atoms with Crippen LogP contribution in [0.3, 0.4) is 0 Å². The first-order chi connectivity index (χ1) is 11.7. The average Bonchev–Trinajstić information content (AvgIpc) is 2.64. The summed E-state index contributed by atoms with van der Waals surface area (Å²) in [5, 5.41) is 8.89. The van der Waals surface area contributed by atoms with Crippen molar-refractivity contribution in [3.05, 3.63) is 30.1 Å². The van der Waals surface area contributed by atoms with Crippen LogP contribution in [-0.2, 0) is 11.3 Å². The van der Waals surface area contributed by atoms with Crippen LogP contribution in [0.5, 0.6) is 0 Å². The SMILES string of the molecule is CCCCC1CCC(C(=O)N(CCC#N)Cc2cccnc2)CC1. The van der Waals surface area contributed by atoms with Crippen molar-refractivity contribution in [3.63, 3.8) is 0 Å². The van der Waals surface area contributed by atoms with Crippen LogP contribution in [0.1, 0.15) is 63.9 Å². The molecule has 0 unspecified atom stereocenters. The molecule has 4 heteroatoms. The Morgan fingerprint density at radius 2 is 2.17 bits per heavy atom. The van der Waals surface area contributed by atoms with E-state index < -0.39 is 0 Å². The van der Waals surface area contributed by atoms with E-state index in [2.05, 4.69) is 18.0 Å². The molecule has 130 valence electrons. The highest BCUT2D eigenvalue weighted by Gasteiger charge is 2.29. The zero-order valence-corrected chi connectivity index (χ0v) is 14.8. The van der Waals surface area contributed by atoms with Crippen molar-refractivity contribution in [2.45, 2.75) is 64.8 Å². The number of rotatable bonds is 8. The molecule has 1 aliphatic rings. The van der Waals surface area contributed by atoms with Crippen LogP contribution >= 0.6 is 0 Å². The number of carbonyl (C=O) groups excluding carboxylic acids is 1. The number of nitrogens with zero attached hydrogens (tertiary/aromatic N) is 3. The van der Waals surface area contributed by atoms with E-state index in [1.165, 1.54) is 32.1 Å². The second-order valence-corrected chi connectivity index (χ2v) is 6.89. The summed E-state index contributed by atoms with van der Waals surface area (Å²) in [5.41, 5.74) is 1.03. The number of aromatic nitrogens is 1. The lowest BCUT2D eigenvalue weighted by Gasteiger charge is -2.32. The first-order valence-electron chi connectivity index (χ1n) is 9.29. The first-order valence-corrected chi connectivity index (χ1v) is 9.29. The van der Waals surface area contributed by atoms with Gasteiger partial charge in [0.15, 0.2) is 0 Å². The maximum Gasteiger partial charge on any atom is 0.226 e. The van der Waals surface area contributed by atoms with Crippen molar-refractivity contribution in [1.29, 1.82) is 5.26 Å². The predicted octanol–water partition coefficient (Wildman–Crippen LogP) is 4.32. The summed E-state index contributed by atoms with van der Waals surface area (Å²) in [7, 11) is 0. The van der Waals surface area contributed by atoms with Crippen LogP contribution in [-0.4, -0.2) is 22.3 Å². The maximum absolute atomic E-state index is 12.9. The molecule has 24 heavy (non-hydrogen) atoms. The van der Waals surface area contributed by atoms with Gasteiger partial charge in [0.1, 0.15) is 0 Å². The van der Waals surface area contributed by atoms with E-state index in [-0.39, 0.29) is 11.8 Å². The minimum absolute atomic E-state index is 0.137. The zero-order valence-electron chi connectivity index (χ0n) is 14.8. The Kier molecular flexibility index (Phi) is 7.74. The molecule has 0 spiro atoms. The molecule has 0 bridgehead atoms. The van der Waals surface area contributed by atoms with Gasteiger partial charge in [-0.25, -0.2) is 0 Å². The lowest BCUT2D eigenvalue weighted by atomic mass is 9.79. The van der Waals surface area contributed by atoms with Crippen LogP contribution in [0, 0.1) is 23.2 Å². The summed E-state index contributed by atoms with van der Waals surface area (Å²) in [5.74, 6) is 1.17. The summed E-state index contributed by atoms with van der Waals surface area (Å²) in [6.45, 7) is 3.31. The second kappa shape index (κ2) is 10.1. The molecule has 0 aromatic carbocycles. The number of carbonyl (C=O) groups is 1. The Morgan fingerprint density at radius 1 is 1.38 bits per heavy atom. The third kappa shape index (κ3) is 5.63.